The lowest BCUT2D eigenvalue weighted by molar-refractivity contribution is 0.179. The second kappa shape index (κ2) is 7.26. The summed E-state index contributed by atoms with van der Waals surface area (Å²) in [4.78, 5) is 2.56. The molecule has 8 heteroatoms. The minimum atomic E-state index is -3.60. The van der Waals surface area contributed by atoms with Gasteiger partial charge in [-0.1, -0.05) is 0 Å². The molecule has 134 valence electrons. The summed E-state index contributed by atoms with van der Waals surface area (Å²) in [5.41, 5.74) is 0. The monoisotopic (exact) mass is 355 g/mol. The van der Waals surface area contributed by atoms with E-state index in [-0.39, 0.29) is 4.90 Å². The number of methoxy groups -OCH3 is 2. The minimum Gasteiger partial charge on any atom is -0.497 e. The highest BCUT2D eigenvalue weighted by atomic mass is 32.2. The van der Waals surface area contributed by atoms with Crippen molar-refractivity contribution in [3.05, 3.63) is 18.2 Å². The normalized spacial score (nSPS) is 23.3. The van der Waals surface area contributed by atoms with E-state index in [1.54, 1.807) is 16.4 Å². The van der Waals surface area contributed by atoms with E-state index < -0.39 is 10.0 Å². The summed E-state index contributed by atoms with van der Waals surface area (Å²) < 4.78 is 38.1. The van der Waals surface area contributed by atoms with Crippen molar-refractivity contribution in [3.8, 4) is 11.5 Å². The van der Waals surface area contributed by atoms with Crippen LogP contribution in [0.25, 0.3) is 0 Å². The Kier molecular flexibility index (Phi) is 5.29. The van der Waals surface area contributed by atoms with Gasteiger partial charge in [0.05, 0.1) is 14.2 Å². The average molecular weight is 355 g/mol. The Morgan fingerprint density at radius 2 is 1.88 bits per heavy atom. The first-order valence-corrected chi connectivity index (χ1v) is 9.67. The van der Waals surface area contributed by atoms with Crippen molar-refractivity contribution in [2.45, 2.75) is 17.4 Å². The third-order valence-electron chi connectivity index (χ3n) is 4.78. The van der Waals surface area contributed by atoms with Crippen LogP contribution in [0.5, 0.6) is 11.5 Å². The number of sulfonamides is 1. The molecular formula is C16H25N3O4S. The smallest absolute Gasteiger partial charge is 0.246 e. The largest absolute Gasteiger partial charge is 0.497 e. The first-order chi connectivity index (χ1) is 11.6. The summed E-state index contributed by atoms with van der Waals surface area (Å²) in [6.45, 7) is 4.95. The van der Waals surface area contributed by atoms with Gasteiger partial charge in [0.1, 0.15) is 16.4 Å². The molecule has 1 unspecified atom stereocenters. The van der Waals surface area contributed by atoms with Crippen molar-refractivity contribution in [1.29, 1.82) is 0 Å². The minimum absolute atomic E-state index is 0.172. The predicted molar refractivity (Wildman–Crippen MR) is 91.2 cm³/mol. The van der Waals surface area contributed by atoms with E-state index in [2.05, 4.69) is 10.2 Å². The fourth-order valence-electron chi connectivity index (χ4n) is 3.40. The van der Waals surface area contributed by atoms with E-state index >= 15 is 0 Å². The summed E-state index contributed by atoms with van der Waals surface area (Å²) in [5, 5.41) is 3.33. The molecule has 2 aliphatic rings. The molecule has 1 aromatic carbocycles. The first kappa shape index (κ1) is 17.5. The van der Waals surface area contributed by atoms with Crippen molar-refractivity contribution in [1.82, 2.24) is 14.5 Å². The van der Waals surface area contributed by atoms with Gasteiger partial charge in [-0.2, -0.15) is 4.31 Å². The highest BCUT2D eigenvalue weighted by molar-refractivity contribution is 7.89. The Balaban J connectivity index is 1.81. The van der Waals surface area contributed by atoms with Crippen LogP contribution in [-0.4, -0.2) is 77.2 Å². The number of rotatable bonds is 5. The van der Waals surface area contributed by atoms with Crippen LogP contribution in [-0.2, 0) is 10.0 Å². The molecule has 0 spiro atoms. The Morgan fingerprint density at radius 3 is 2.54 bits per heavy atom. The van der Waals surface area contributed by atoms with Crippen LogP contribution in [0, 0.1) is 0 Å². The van der Waals surface area contributed by atoms with Gasteiger partial charge in [-0.25, -0.2) is 8.42 Å². The van der Waals surface area contributed by atoms with E-state index in [4.69, 9.17) is 9.47 Å². The molecule has 0 aromatic heterocycles. The van der Waals surface area contributed by atoms with Gasteiger partial charge in [0.2, 0.25) is 10.0 Å². The molecule has 2 fully saturated rings. The van der Waals surface area contributed by atoms with Gasteiger partial charge in [0.25, 0.3) is 0 Å². The van der Waals surface area contributed by atoms with Crippen molar-refractivity contribution in [2.24, 2.45) is 0 Å². The van der Waals surface area contributed by atoms with Gasteiger partial charge < -0.3 is 14.8 Å². The van der Waals surface area contributed by atoms with Gasteiger partial charge in [-0.05, 0) is 18.6 Å². The van der Waals surface area contributed by atoms with Crippen LogP contribution in [0.15, 0.2) is 23.1 Å². The van der Waals surface area contributed by atoms with Crippen LogP contribution >= 0.6 is 0 Å². The molecular weight excluding hydrogens is 330 g/mol. The molecule has 3 rings (SSSR count). The summed E-state index contributed by atoms with van der Waals surface area (Å²) in [6, 6.07) is 5.16. The second-order valence-electron chi connectivity index (χ2n) is 6.11. The van der Waals surface area contributed by atoms with E-state index in [9.17, 15) is 8.42 Å². The predicted octanol–water partition coefficient (Wildman–Crippen LogP) is 0.372. The summed E-state index contributed by atoms with van der Waals surface area (Å²) in [7, 11) is -0.597. The molecule has 7 nitrogen and oxygen atoms in total. The molecule has 1 aromatic rings. The zero-order chi connectivity index (χ0) is 17.2. The maximum absolute atomic E-state index is 13.1. The number of hydrogen-bond acceptors (Lipinski definition) is 6. The topological polar surface area (TPSA) is 71.1 Å². The molecule has 0 saturated carbocycles. The fraction of sp³-hybridized carbons (Fsp3) is 0.625. The highest BCUT2D eigenvalue weighted by Gasteiger charge is 2.37. The fourth-order valence-corrected chi connectivity index (χ4v) is 5.06. The highest BCUT2D eigenvalue weighted by Crippen LogP contribution is 2.32. The lowest BCUT2D eigenvalue weighted by atomic mass is 10.2. The van der Waals surface area contributed by atoms with E-state index in [0.717, 1.165) is 32.6 Å². The zero-order valence-electron chi connectivity index (χ0n) is 14.2. The number of hydrogen-bond donors (Lipinski definition) is 1. The molecule has 1 atom stereocenters. The molecule has 0 bridgehead atoms. The second-order valence-corrected chi connectivity index (χ2v) is 8.01. The summed E-state index contributed by atoms with van der Waals surface area (Å²) in [6.07, 6.45) is 0.867. The quantitative estimate of drug-likeness (QED) is 0.823. The van der Waals surface area contributed by atoms with Crippen molar-refractivity contribution < 1.29 is 17.9 Å². The van der Waals surface area contributed by atoms with Crippen LogP contribution in [0.2, 0.25) is 0 Å². The average Bonchev–Trinajstić information content (AvgIpc) is 3.13. The molecule has 0 radical (unpaired) electrons. The van der Waals surface area contributed by atoms with Crippen LogP contribution in [0.4, 0.5) is 0 Å². The Morgan fingerprint density at radius 1 is 1.12 bits per heavy atom. The molecule has 2 heterocycles. The zero-order valence-corrected chi connectivity index (χ0v) is 15.0. The van der Waals surface area contributed by atoms with E-state index in [0.29, 0.717) is 30.6 Å². The SMILES string of the molecule is COc1ccc(OC)c(S(=O)(=O)N2CCC(N3CCNCC3)C2)c1. The molecule has 2 saturated heterocycles. The van der Waals surface area contributed by atoms with E-state index in [1.165, 1.54) is 20.3 Å². The van der Waals surface area contributed by atoms with Gasteiger partial charge >= 0.3 is 0 Å². The molecule has 2 aliphatic heterocycles. The van der Waals surface area contributed by atoms with Crippen LogP contribution in [0.1, 0.15) is 6.42 Å². The number of ether oxygens (including phenoxy) is 2. The number of benzene rings is 1. The van der Waals surface area contributed by atoms with Crippen LogP contribution in [0.3, 0.4) is 0 Å². The number of nitrogens with one attached hydrogen (secondary N) is 1. The van der Waals surface area contributed by atoms with Gasteiger partial charge in [-0.3, -0.25) is 4.90 Å². The maximum Gasteiger partial charge on any atom is 0.246 e. The lowest BCUT2D eigenvalue weighted by Crippen LogP contribution is -2.49. The van der Waals surface area contributed by atoms with Gasteiger partial charge in [-0.15, -0.1) is 0 Å². The molecule has 0 aliphatic carbocycles. The number of piperazine rings is 1. The maximum atomic E-state index is 13.1. The molecule has 1 N–H and O–H groups in total. The Labute approximate surface area is 143 Å². The van der Waals surface area contributed by atoms with Gasteiger partial charge in [0.15, 0.2) is 0 Å². The molecule has 24 heavy (non-hydrogen) atoms. The Hall–Kier alpha value is -1.35. The summed E-state index contributed by atoms with van der Waals surface area (Å²) in [5.74, 6) is 0.855. The Bertz CT molecular complexity index is 674. The lowest BCUT2D eigenvalue weighted by Gasteiger charge is -2.32. The van der Waals surface area contributed by atoms with Crippen molar-refractivity contribution >= 4 is 10.0 Å². The third-order valence-corrected chi connectivity index (χ3v) is 6.67. The van der Waals surface area contributed by atoms with Gasteiger partial charge in [0, 0.05) is 51.4 Å². The van der Waals surface area contributed by atoms with E-state index in [1.807, 2.05) is 0 Å². The first-order valence-electron chi connectivity index (χ1n) is 8.23. The summed E-state index contributed by atoms with van der Waals surface area (Å²) >= 11 is 0. The number of nitrogens with zero attached hydrogens (tertiary/aromatic N) is 2. The standard InChI is InChI=1S/C16H25N3O4S/c1-22-14-3-4-15(23-2)16(11-14)24(20,21)19-8-5-13(12-19)18-9-6-17-7-10-18/h3-4,11,13,17H,5-10,12H2,1-2H3. The van der Waals surface area contributed by atoms with Crippen LogP contribution < -0.4 is 14.8 Å². The van der Waals surface area contributed by atoms with Crippen molar-refractivity contribution in [3.63, 3.8) is 0 Å². The van der Waals surface area contributed by atoms with Crippen molar-refractivity contribution in [2.75, 3.05) is 53.5 Å². The molecule has 0 amide bonds. The third kappa shape index (κ3) is 3.37.